The number of hydrogen-bond donors (Lipinski definition) is 1. The fourth-order valence-electron chi connectivity index (χ4n) is 2.67. The molecule has 1 aliphatic rings. The molecule has 0 aromatic carbocycles. The molecule has 1 aromatic heterocycles. The lowest BCUT2D eigenvalue weighted by Gasteiger charge is -2.32. The van der Waals surface area contributed by atoms with Crippen molar-refractivity contribution in [2.75, 3.05) is 32.6 Å². The topological polar surface area (TPSA) is 48.5 Å². The largest absolute Gasteiger partial charge is 0.354 e. The van der Waals surface area contributed by atoms with E-state index in [2.05, 4.69) is 22.2 Å². The van der Waals surface area contributed by atoms with Crippen LogP contribution in [0, 0.1) is 0 Å². The molecular formula is C15H26N4OS. The Balaban J connectivity index is 1.69. The Labute approximate surface area is 131 Å². The summed E-state index contributed by atoms with van der Waals surface area (Å²) in [5, 5.41) is 5.95. The van der Waals surface area contributed by atoms with Crippen LogP contribution in [0.15, 0.2) is 5.38 Å². The Kier molecular flexibility index (Phi) is 5.99. The van der Waals surface area contributed by atoms with Crippen molar-refractivity contribution in [1.29, 1.82) is 0 Å². The predicted octanol–water partition coefficient (Wildman–Crippen LogP) is 2.09. The zero-order valence-corrected chi connectivity index (χ0v) is 14.1. The molecule has 0 bridgehead atoms. The molecule has 5 nitrogen and oxygen atoms in total. The molecule has 0 saturated carbocycles. The van der Waals surface area contributed by atoms with Gasteiger partial charge in [0.25, 0.3) is 0 Å². The summed E-state index contributed by atoms with van der Waals surface area (Å²) in [6.45, 7) is 1.70. The number of nitrogens with zero attached hydrogens (tertiary/aromatic N) is 3. The number of carbonyl (C=O) groups is 1. The Hall–Kier alpha value is -1.14. The van der Waals surface area contributed by atoms with Crippen LogP contribution >= 0.6 is 11.3 Å². The van der Waals surface area contributed by atoms with E-state index < -0.39 is 0 Å². The minimum atomic E-state index is 0.133. The molecule has 1 saturated heterocycles. The highest BCUT2D eigenvalue weighted by Gasteiger charge is 2.19. The second-order valence-corrected chi connectivity index (χ2v) is 6.80. The van der Waals surface area contributed by atoms with Crippen molar-refractivity contribution in [3.8, 4) is 0 Å². The van der Waals surface area contributed by atoms with Gasteiger partial charge in [0.1, 0.15) is 0 Å². The Morgan fingerprint density at radius 1 is 1.52 bits per heavy atom. The fourth-order valence-corrected chi connectivity index (χ4v) is 3.43. The van der Waals surface area contributed by atoms with Crippen LogP contribution < -0.4 is 10.2 Å². The summed E-state index contributed by atoms with van der Waals surface area (Å²) in [6.07, 6.45) is 5.38. The first-order valence-corrected chi connectivity index (χ1v) is 8.53. The first kappa shape index (κ1) is 16.2. The van der Waals surface area contributed by atoms with Crippen LogP contribution in [0.1, 0.15) is 37.8 Å². The number of aromatic nitrogens is 1. The van der Waals surface area contributed by atoms with Crippen LogP contribution in [0.5, 0.6) is 0 Å². The van der Waals surface area contributed by atoms with Crippen molar-refractivity contribution in [2.24, 2.45) is 0 Å². The van der Waals surface area contributed by atoms with Crippen LogP contribution in [0.3, 0.4) is 0 Å². The van der Waals surface area contributed by atoms with E-state index in [1.54, 1.807) is 11.3 Å². The van der Waals surface area contributed by atoms with Gasteiger partial charge in [0.15, 0.2) is 5.13 Å². The van der Waals surface area contributed by atoms with Crippen LogP contribution in [0.4, 0.5) is 5.13 Å². The van der Waals surface area contributed by atoms with Gasteiger partial charge < -0.3 is 15.1 Å². The van der Waals surface area contributed by atoms with Gasteiger partial charge in [0, 0.05) is 31.9 Å². The summed E-state index contributed by atoms with van der Waals surface area (Å²) < 4.78 is 0. The number of likely N-dealkylation sites (tertiary alicyclic amines) is 1. The van der Waals surface area contributed by atoms with Gasteiger partial charge >= 0.3 is 0 Å². The number of amides is 1. The van der Waals surface area contributed by atoms with Gasteiger partial charge in [0.2, 0.25) is 5.91 Å². The third-order valence-electron chi connectivity index (χ3n) is 4.02. The van der Waals surface area contributed by atoms with E-state index >= 15 is 0 Å². The van der Waals surface area contributed by atoms with Crippen molar-refractivity contribution in [3.05, 3.63) is 11.1 Å². The summed E-state index contributed by atoms with van der Waals surface area (Å²) in [5.41, 5.74) is 0.937. The average molecular weight is 310 g/mol. The first-order chi connectivity index (χ1) is 10.1. The Morgan fingerprint density at radius 3 is 3.00 bits per heavy atom. The average Bonchev–Trinajstić information content (AvgIpc) is 2.93. The molecule has 1 atom stereocenters. The monoisotopic (exact) mass is 310 g/mol. The predicted molar refractivity (Wildman–Crippen MR) is 87.8 cm³/mol. The second kappa shape index (κ2) is 7.75. The molecule has 1 aromatic rings. The van der Waals surface area contributed by atoms with Crippen molar-refractivity contribution in [2.45, 2.75) is 44.7 Å². The first-order valence-electron chi connectivity index (χ1n) is 7.65. The van der Waals surface area contributed by atoms with Crippen molar-refractivity contribution in [1.82, 2.24) is 15.2 Å². The third kappa shape index (κ3) is 4.97. The van der Waals surface area contributed by atoms with Crippen LogP contribution in [-0.4, -0.2) is 49.5 Å². The van der Waals surface area contributed by atoms with Gasteiger partial charge in [-0.05, 0) is 32.9 Å². The number of piperidine rings is 1. The van der Waals surface area contributed by atoms with E-state index in [1.165, 1.54) is 25.8 Å². The lowest BCUT2D eigenvalue weighted by atomic mass is 9.98. The fraction of sp³-hybridized carbons (Fsp3) is 0.733. The van der Waals surface area contributed by atoms with Gasteiger partial charge in [-0.25, -0.2) is 4.98 Å². The maximum Gasteiger partial charge on any atom is 0.220 e. The van der Waals surface area contributed by atoms with E-state index in [4.69, 9.17) is 0 Å². The number of carbonyl (C=O) groups excluding carboxylic acids is 1. The summed E-state index contributed by atoms with van der Waals surface area (Å²) in [4.78, 5) is 20.8. The normalized spacial score (nSPS) is 19.5. The smallest absolute Gasteiger partial charge is 0.220 e. The van der Waals surface area contributed by atoms with Gasteiger partial charge in [-0.2, -0.15) is 0 Å². The standard InChI is InChI=1S/C15H26N4OS/c1-18(2)15-17-12(11-21-15)10-16-14(20)8-7-13-6-4-5-9-19(13)3/h11,13H,4-10H2,1-3H3,(H,16,20)/t13-/m0/s1. The highest BCUT2D eigenvalue weighted by Crippen LogP contribution is 2.19. The number of rotatable bonds is 6. The molecule has 2 rings (SSSR count). The number of nitrogens with one attached hydrogen (secondary N) is 1. The molecule has 118 valence electrons. The van der Waals surface area contributed by atoms with Gasteiger partial charge in [-0.3, -0.25) is 4.79 Å². The zero-order valence-electron chi connectivity index (χ0n) is 13.3. The summed E-state index contributed by atoms with van der Waals surface area (Å²) in [5.74, 6) is 0.133. The molecule has 1 aliphatic heterocycles. The molecule has 1 fully saturated rings. The summed E-state index contributed by atoms with van der Waals surface area (Å²) in [6, 6.07) is 0.573. The highest BCUT2D eigenvalue weighted by molar-refractivity contribution is 7.13. The molecule has 1 N–H and O–H groups in total. The number of thiazole rings is 1. The van der Waals surface area contributed by atoms with Crippen LogP contribution in [0.2, 0.25) is 0 Å². The molecule has 0 aliphatic carbocycles. The molecule has 0 unspecified atom stereocenters. The van der Waals surface area contributed by atoms with Crippen molar-refractivity contribution >= 4 is 22.4 Å². The molecule has 6 heteroatoms. The van der Waals surface area contributed by atoms with E-state index in [-0.39, 0.29) is 5.91 Å². The Bertz CT molecular complexity index is 460. The van der Waals surface area contributed by atoms with Crippen molar-refractivity contribution in [3.63, 3.8) is 0 Å². The quantitative estimate of drug-likeness (QED) is 0.874. The lowest BCUT2D eigenvalue weighted by Crippen LogP contribution is -2.37. The summed E-state index contributed by atoms with van der Waals surface area (Å²) >= 11 is 1.60. The van der Waals surface area contributed by atoms with Gasteiger partial charge in [-0.1, -0.05) is 6.42 Å². The maximum absolute atomic E-state index is 11.9. The van der Waals surface area contributed by atoms with E-state index in [0.717, 1.165) is 17.2 Å². The SMILES string of the molecule is CN(C)c1nc(CNC(=O)CC[C@@H]2CCCCN2C)cs1. The number of anilines is 1. The van der Waals surface area contributed by atoms with Gasteiger partial charge in [0.05, 0.1) is 12.2 Å². The van der Waals surface area contributed by atoms with E-state index in [0.29, 0.717) is 19.0 Å². The van der Waals surface area contributed by atoms with Crippen molar-refractivity contribution < 1.29 is 4.79 Å². The third-order valence-corrected chi connectivity index (χ3v) is 5.07. The molecule has 2 heterocycles. The number of hydrogen-bond acceptors (Lipinski definition) is 5. The second-order valence-electron chi connectivity index (χ2n) is 5.96. The molecule has 21 heavy (non-hydrogen) atoms. The minimum Gasteiger partial charge on any atom is -0.354 e. The minimum absolute atomic E-state index is 0.133. The van der Waals surface area contributed by atoms with Crippen LogP contribution in [-0.2, 0) is 11.3 Å². The molecule has 0 radical (unpaired) electrons. The summed E-state index contributed by atoms with van der Waals surface area (Å²) in [7, 11) is 6.11. The lowest BCUT2D eigenvalue weighted by molar-refractivity contribution is -0.121. The van der Waals surface area contributed by atoms with E-state index in [9.17, 15) is 4.79 Å². The van der Waals surface area contributed by atoms with E-state index in [1.807, 2.05) is 24.4 Å². The zero-order chi connectivity index (χ0) is 15.2. The maximum atomic E-state index is 11.9. The molecule has 0 spiro atoms. The van der Waals surface area contributed by atoms with Crippen LogP contribution in [0.25, 0.3) is 0 Å². The Morgan fingerprint density at radius 2 is 2.33 bits per heavy atom. The molecule has 1 amide bonds. The van der Waals surface area contributed by atoms with Gasteiger partial charge in [-0.15, -0.1) is 11.3 Å². The molecular weight excluding hydrogens is 284 g/mol. The highest BCUT2D eigenvalue weighted by atomic mass is 32.1.